The second-order valence-electron chi connectivity index (χ2n) is 8.79. The van der Waals surface area contributed by atoms with Crippen molar-refractivity contribution in [3.63, 3.8) is 0 Å². The largest absolute Gasteiger partial charge is 0.130 e. The summed E-state index contributed by atoms with van der Waals surface area (Å²) in [6.45, 7) is 2.30. The van der Waals surface area contributed by atoms with Crippen molar-refractivity contribution in [3.8, 4) is 0 Å². The predicted octanol–water partition coefficient (Wildman–Crippen LogP) is 8.53. The maximum atomic E-state index is 3.35. The lowest BCUT2D eigenvalue weighted by atomic mass is 9.75. The third kappa shape index (κ3) is 8.70. The Morgan fingerprint density at radius 1 is 0.645 bits per heavy atom. The van der Waals surface area contributed by atoms with Gasteiger partial charge in [-0.1, -0.05) is 124 Å². The van der Waals surface area contributed by atoms with Crippen LogP contribution in [0, 0.1) is 5.92 Å². The smallest absolute Gasteiger partial charge is 0.00385 e. The van der Waals surface area contributed by atoms with Crippen LogP contribution in [0.15, 0.2) is 91.0 Å². The molecule has 2 heteroatoms. The average molecular weight is 545 g/mol. The highest BCUT2D eigenvalue weighted by molar-refractivity contribution is 14.0. The van der Waals surface area contributed by atoms with Crippen LogP contribution < -0.4 is 0 Å². The van der Waals surface area contributed by atoms with E-state index in [-0.39, 0.29) is 29.1 Å². The second kappa shape index (κ2) is 14.1. The molecule has 0 aliphatic rings. The zero-order valence-electron chi connectivity index (χ0n) is 18.9. The molecule has 3 aromatic carbocycles. The molecule has 0 aliphatic carbocycles. The minimum atomic E-state index is 0. The van der Waals surface area contributed by atoms with Gasteiger partial charge in [0.15, 0.2) is 0 Å². The Morgan fingerprint density at radius 2 is 1.10 bits per heavy atom. The lowest BCUT2D eigenvalue weighted by Crippen LogP contribution is -2.38. The van der Waals surface area contributed by atoms with Crippen LogP contribution in [-0.2, 0) is 19.3 Å². The van der Waals surface area contributed by atoms with Crippen molar-refractivity contribution in [2.45, 2.75) is 63.4 Å². The first kappa shape index (κ1) is 26.1. The van der Waals surface area contributed by atoms with Crippen LogP contribution in [0.3, 0.4) is 0 Å². The van der Waals surface area contributed by atoms with Crippen LogP contribution in [0.25, 0.3) is 0 Å². The summed E-state index contributed by atoms with van der Waals surface area (Å²) >= 11 is 0. The Morgan fingerprint density at radius 3 is 1.55 bits per heavy atom. The lowest BCUT2D eigenvalue weighted by molar-refractivity contribution is 0.331. The molecule has 0 fully saturated rings. The van der Waals surface area contributed by atoms with Gasteiger partial charge in [0, 0.05) is 0 Å². The van der Waals surface area contributed by atoms with Crippen LogP contribution in [-0.4, -0.2) is 5.16 Å². The van der Waals surface area contributed by atoms with Gasteiger partial charge in [0.05, 0.1) is 0 Å². The molecule has 0 saturated heterocycles. The summed E-state index contributed by atoms with van der Waals surface area (Å²) in [6, 6.07) is 33.2. The van der Waals surface area contributed by atoms with E-state index in [1.165, 1.54) is 48.8 Å². The number of hydrogen-bond acceptors (Lipinski definition) is 0. The van der Waals surface area contributed by atoms with Crippen molar-refractivity contribution in [2.24, 2.45) is 5.92 Å². The van der Waals surface area contributed by atoms with Crippen LogP contribution in [0.1, 0.15) is 55.7 Å². The first-order valence-electron chi connectivity index (χ1n) is 11.6. The molecule has 2 atom stereocenters. The predicted molar refractivity (Wildman–Crippen MR) is 151 cm³/mol. The quantitative estimate of drug-likeness (QED) is 0.122. The molecule has 3 aromatic rings. The van der Waals surface area contributed by atoms with Gasteiger partial charge in [-0.2, -0.15) is 0 Å². The van der Waals surface area contributed by atoms with Crippen molar-refractivity contribution < 1.29 is 0 Å². The molecule has 2 unspecified atom stereocenters. The highest BCUT2D eigenvalue weighted by Gasteiger charge is 2.34. The molecule has 0 radical (unpaired) electrons. The topological polar surface area (TPSA) is 0 Å². The summed E-state index contributed by atoms with van der Waals surface area (Å²) in [7, 11) is 3.35. The molecule has 0 saturated carbocycles. The van der Waals surface area contributed by atoms with E-state index in [9.17, 15) is 0 Å². The van der Waals surface area contributed by atoms with Gasteiger partial charge in [-0.3, -0.25) is 0 Å². The van der Waals surface area contributed by atoms with Gasteiger partial charge in [0.25, 0.3) is 0 Å². The number of rotatable bonds is 12. The first-order valence-corrected chi connectivity index (χ1v) is 12.2. The van der Waals surface area contributed by atoms with E-state index in [1.54, 1.807) is 0 Å². The fraction of sp³-hybridized carbons (Fsp3) is 0.379. The zero-order chi connectivity index (χ0) is 21.1. The van der Waals surface area contributed by atoms with Gasteiger partial charge < -0.3 is 0 Å². The summed E-state index contributed by atoms with van der Waals surface area (Å²) in [4.78, 5) is 0. The molecule has 166 valence electrons. The molecule has 0 amide bonds. The summed E-state index contributed by atoms with van der Waals surface area (Å²) < 4.78 is 0. The van der Waals surface area contributed by atoms with Gasteiger partial charge in [-0.05, 0) is 53.4 Å². The maximum absolute atomic E-state index is 3.35. The molecular weight excluding hydrogens is 506 g/mol. The van der Waals surface area contributed by atoms with Crippen molar-refractivity contribution in [3.05, 3.63) is 108 Å². The molecular formula is C29H38IP. The Balaban J connectivity index is 0.00000341. The van der Waals surface area contributed by atoms with E-state index in [0.29, 0.717) is 5.92 Å². The minimum absolute atomic E-state index is 0. The summed E-state index contributed by atoms with van der Waals surface area (Å²) in [5.41, 5.74) is 4.34. The normalized spacial score (nSPS) is 12.2. The van der Waals surface area contributed by atoms with Gasteiger partial charge in [-0.25, -0.2) is 0 Å². The molecule has 0 bridgehead atoms. The first-order chi connectivity index (χ1) is 14.7. The van der Waals surface area contributed by atoms with E-state index in [4.69, 9.17) is 0 Å². The van der Waals surface area contributed by atoms with Crippen LogP contribution in [0.5, 0.6) is 0 Å². The molecule has 0 aromatic heterocycles. The van der Waals surface area contributed by atoms with E-state index in [2.05, 4.69) is 107 Å². The van der Waals surface area contributed by atoms with Crippen LogP contribution in [0.2, 0.25) is 0 Å². The molecule has 31 heavy (non-hydrogen) atoms. The lowest BCUT2D eigenvalue weighted by Gasteiger charge is -2.39. The Kier molecular flexibility index (Phi) is 11.8. The molecule has 0 spiro atoms. The van der Waals surface area contributed by atoms with E-state index in [0.717, 1.165) is 19.3 Å². The Hall–Kier alpha value is -1.18. The van der Waals surface area contributed by atoms with Crippen molar-refractivity contribution in [1.82, 2.24) is 0 Å². The van der Waals surface area contributed by atoms with Crippen LogP contribution >= 0.6 is 33.2 Å². The fourth-order valence-corrected chi connectivity index (χ4v) is 5.37. The Labute approximate surface area is 209 Å². The van der Waals surface area contributed by atoms with E-state index >= 15 is 0 Å². The fourth-order valence-electron chi connectivity index (χ4n) is 4.61. The molecule has 3 rings (SSSR count). The third-order valence-electron chi connectivity index (χ3n) is 6.30. The number of hydrogen-bond donors (Lipinski definition) is 0. The highest BCUT2D eigenvalue weighted by atomic mass is 127. The van der Waals surface area contributed by atoms with E-state index < -0.39 is 0 Å². The summed E-state index contributed by atoms with van der Waals surface area (Å²) in [6.07, 6.45) is 9.94. The van der Waals surface area contributed by atoms with Gasteiger partial charge >= 0.3 is 0 Å². The summed E-state index contributed by atoms with van der Waals surface area (Å²) in [5.74, 6) is 0.627. The second-order valence-corrected chi connectivity index (χ2v) is 9.94. The monoisotopic (exact) mass is 544 g/mol. The van der Waals surface area contributed by atoms with E-state index in [1.807, 2.05) is 0 Å². The maximum Gasteiger partial charge on any atom is -0.00385 e. The van der Waals surface area contributed by atoms with Crippen molar-refractivity contribution in [1.29, 1.82) is 0 Å². The number of halogens is 1. The standard InChI is InChI=1S/C29H37P.HI/c1-2-3-4-14-21-28(22-25-15-8-5-9-16-25)29(30,23-26-17-10-6-11-18-26)24-27-19-12-7-13-20-27;/h5-13,15-20,28H,2-4,14,21-24,30H2,1H3;1H. The van der Waals surface area contributed by atoms with Crippen molar-refractivity contribution in [2.75, 3.05) is 0 Å². The average Bonchev–Trinajstić information content (AvgIpc) is 2.78. The SMILES string of the molecule is CCCCCCC(Cc1ccccc1)C(P)(Cc1ccccc1)Cc1ccccc1.I. The third-order valence-corrected chi connectivity index (χ3v) is 7.18. The minimum Gasteiger partial charge on any atom is -0.130 e. The molecule has 0 N–H and O–H groups in total. The Bertz CT molecular complexity index is 791. The molecule has 0 aliphatic heterocycles. The van der Waals surface area contributed by atoms with Crippen LogP contribution in [0.4, 0.5) is 0 Å². The number of unbranched alkanes of at least 4 members (excludes halogenated alkanes) is 3. The molecule has 0 nitrogen and oxygen atoms in total. The highest BCUT2D eigenvalue weighted by Crippen LogP contribution is 2.40. The van der Waals surface area contributed by atoms with Gasteiger partial charge in [-0.15, -0.1) is 33.2 Å². The summed E-state index contributed by atoms with van der Waals surface area (Å²) in [5, 5.41) is 0.144. The van der Waals surface area contributed by atoms with Gasteiger partial charge in [0.1, 0.15) is 0 Å². The molecule has 0 heterocycles. The van der Waals surface area contributed by atoms with Gasteiger partial charge in [0.2, 0.25) is 0 Å². The number of benzene rings is 3. The zero-order valence-corrected chi connectivity index (χ0v) is 22.4. The van der Waals surface area contributed by atoms with Crippen molar-refractivity contribution >= 4 is 33.2 Å².